The fourth-order valence-electron chi connectivity index (χ4n) is 2.17. The van der Waals surface area contributed by atoms with E-state index < -0.39 is 0 Å². The van der Waals surface area contributed by atoms with Crippen molar-refractivity contribution in [3.8, 4) is 0 Å². The quantitative estimate of drug-likeness (QED) is 0.884. The normalized spacial score (nSPS) is 12.2. The minimum atomic E-state index is -0.00399. The first-order chi connectivity index (χ1) is 9.52. The van der Waals surface area contributed by atoms with Gasteiger partial charge in [0, 0.05) is 18.8 Å². The average molecular weight is 289 g/mol. The number of nitrogens with zero attached hydrogens (tertiary/aromatic N) is 1. The van der Waals surface area contributed by atoms with Crippen LogP contribution in [0.1, 0.15) is 31.0 Å². The first kappa shape index (κ1) is 14.9. The van der Waals surface area contributed by atoms with Gasteiger partial charge < -0.3 is 10.6 Å². The molecule has 0 aromatic heterocycles. The van der Waals surface area contributed by atoms with Crippen molar-refractivity contribution in [3.63, 3.8) is 0 Å². The van der Waals surface area contributed by atoms with Crippen molar-refractivity contribution in [2.75, 3.05) is 11.9 Å². The summed E-state index contributed by atoms with van der Waals surface area (Å²) in [7, 11) is 2.02. The van der Waals surface area contributed by atoms with E-state index in [0.717, 1.165) is 28.4 Å². The number of anilines is 2. The van der Waals surface area contributed by atoms with Crippen molar-refractivity contribution in [1.29, 1.82) is 0 Å². The largest absolute Gasteiger partial charge is 0.343 e. The number of aryl methyl sites for hydroxylation is 1. The molecule has 2 aromatic rings. The topological polar surface area (TPSA) is 29.3 Å². The van der Waals surface area contributed by atoms with Crippen LogP contribution in [-0.2, 0) is 6.42 Å². The van der Waals surface area contributed by atoms with Gasteiger partial charge in [-0.05, 0) is 48.7 Å². The molecule has 0 bridgehead atoms. The molecule has 3 heteroatoms. The third kappa shape index (κ3) is 3.14. The van der Waals surface area contributed by atoms with Crippen molar-refractivity contribution in [2.45, 2.75) is 26.3 Å². The Bertz CT molecular complexity index is 576. The highest BCUT2D eigenvalue weighted by Gasteiger charge is 2.10. The van der Waals surface area contributed by atoms with Crippen LogP contribution < -0.4 is 10.6 Å². The maximum absolute atomic E-state index is 6.38. The number of hydrogen-bond acceptors (Lipinski definition) is 2. The highest BCUT2D eigenvalue weighted by Crippen LogP contribution is 2.32. The van der Waals surface area contributed by atoms with E-state index >= 15 is 0 Å². The third-order valence-corrected chi connectivity index (χ3v) is 3.89. The van der Waals surface area contributed by atoms with Crippen LogP contribution in [0.4, 0.5) is 11.4 Å². The van der Waals surface area contributed by atoms with Crippen LogP contribution in [-0.4, -0.2) is 7.05 Å². The van der Waals surface area contributed by atoms with Gasteiger partial charge in [-0.1, -0.05) is 36.7 Å². The number of rotatable bonds is 4. The van der Waals surface area contributed by atoms with Crippen molar-refractivity contribution in [1.82, 2.24) is 0 Å². The summed E-state index contributed by atoms with van der Waals surface area (Å²) < 4.78 is 0. The monoisotopic (exact) mass is 288 g/mol. The minimum Gasteiger partial charge on any atom is -0.343 e. The van der Waals surface area contributed by atoms with Crippen molar-refractivity contribution >= 4 is 23.0 Å². The van der Waals surface area contributed by atoms with Crippen LogP contribution in [0.15, 0.2) is 42.5 Å². The molecule has 0 unspecified atom stereocenters. The molecule has 2 nitrogen and oxygen atoms in total. The molecule has 0 saturated carbocycles. The lowest BCUT2D eigenvalue weighted by atomic mass is 10.1. The summed E-state index contributed by atoms with van der Waals surface area (Å²) in [5.74, 6) is 0. The van der Waals surface area contributed by atoms with Gasteiger partial charge >= 0.3 is 0 Å². The fourth-order valence-corrected chi connectivity index (χ4v) is 2.49. The molecule has 0 aliphatic heterocycles. The Morgan fingerprint density at radius 3 is 2.30 bits per heavy atom. The second-order valence-corrected chi connectivity index (χ2v) is 5.49. The van der Waals surface area contributed by atoms with Gasteiger partial charge in [0.2, 0.25) is 0 Å². The zero-order valence-corrected chi connectivity index (χ0v) is 13.0. The Hall–Kier alpha value is -1.51. The molecule has 1 atom stereocenters. The van der Waals surface area contributed by atoms with E-state index in [1.165, 1.54) is 5.56 Å². The molecule has 0 spiro atoms. The molecule has 0 heterocycles. The maximum atomic E-state index is 6.38. The Kier molecular flexibility index (Phi) is 4.69. The molecule has 0 radical (unpaired) electrons. The number of halogens is 1. The van der Waals surface area contributed by atoms with E-state index in [2.05, 4.69) is 36.1 Å². The molecule has 2 N–H and O–H groups in total. The molecule has 0 aliphatic carbocycles. The molecule has 20 heavy (non-hydrogen) atoms. The first-order valence-electron chi connectivity index (χ1n) is 6.90. The van der Waals surface area contributed by atoms with E-state index in [1.807, 2.05) is 32.2 Å². The summed E-state index contributed by atoms with van der Waals surface area (Å²) in [5.41, 5.74) is 10.4. The SMILES string of the molecule is CCc1ccc(N(C)c2ccc([C@H](C)N)cc2Cl)cc1. The summed E-state index contributed by atoms with van der Waals surface area (Å²) in [6.07, 6.45) is 1.05. The smallest absolute Gasteiger partial charge is 0.0646 e. The van der Waals surface area contributed by atoms with Gasteiger partial charge in [0.1, 0.15) is 0 Å². The Balaban J connectivity index is 2.30. The average Bonchev–Trinajstić information content (AvgIpc) is 2.46. The van der Waals surface area contributed by atoms with Gasteiger partial charge in [-0.3, -0.25) is 0 Å². The molecule has 0 saturated heterocycles. The fraction of sp³-hybridized carbons (Fsp3) is 0.294. The number of benzene rings is 2. The molecular formula is C17H21ClN2. The molecular weight excluding hydrogens is 268 g/mol. The highest BCUT2D eigenvalue weighted by atomic mass is 35.5. The van der Waals surface area contributed by atoms with E-state index in [9.17, 15) is 0 Å². The van der Waals surface area contributed by atoms with Gasteiger partial charge in [-0.2, -0.15) is 0 Å². The van der Waals surface area contributed by atoms with Crippen molar-refractivity contribution in [3.05, 3.63) is 58.6 Å². The van der Waals surface area contributed by atoms with Crippen molar-refractivity contribution in [2.24, 2.45) is 5.73 Å². The zero-order chi connectivity index (χ0) is 14.7. The Morgan fingerprint density at radius 1 is 1.15 bits per heavy atom. The number of hydrogen-bond donors (Lipinski definition) is 1. The lowest BCUT2D eigenvalue weighted by Crippen LogP contribution is -2.11. The van der Waals surface area contributed by atoms with Gasteiger partial charge in [0.25, 0.3) is 0 Å². The predicted molar refractivity (Wildman–Crippen MR) is 87.9 cm³/mol. The van der Waals surface area contributed by atoms with Gasteiger partial charge in [-0.25, -0.2) is 0 Å². The van der Waals surface area contributed by atoms with Gasteiger partial charge in [0.15, 0.2) is 0 Å². The molecule has 106 valence electrons. The molecule has 2 rings (SSSR count). The number of nitrogens with two attached hydrogens (primary N) is 1. The van der Waals surface area contributed by atoms with Crippen LogP contribution in [0.2, 0.25) is 5.02 Å². The third-order valence-electron chi connectivity index (χ3n) is 3.59. The van der Waals surface area contributed by atoms with Crippen LogP contribution >= 0.6 is 11.6 Å². The molecule has 0 fully saturated rings. The predicted octanol–water partition coefficient (Wildman–Crippen LogP) is 4.69. The lowest BCUT2D eigenvalue weighted by Gasteiger charge is -2.22. The summed E-state index contributed by atoms with van der Waals surface area (Å²) in [4.78, 5) is 2.09. The first-order valence-corrected chi connectivity index (χ1v) is 7.28. The van der Waals surface area contributed by atoms with E-state index in [1.54, 1.807) is 0 Å². The summed E-state index contributed by atoms with van der Waals surface area (Å²) in [5, 5.41) is 0.724. The van der Waals surface area contributed by atoms with Gasteiger partial charge in [0.05, 0.1) is 10.7 Å². The van der Waals surface area contributed by atoms with E-state index in [-0.39, 0.29) is 6.04 Å². The second kappa shape index (κ2) is 6.29. The van der Waals surface area contributed by atoms with Gasteiger partial charge in [-0.15, -0.1) is 0 Å². The summed E-state index contributed by atoms with van der Waals surface area (Å²) in [6, 6.07) is 14.5. The standard InChI is InChI=1S/C17H21ClN2/c1-4-13-5-8-15(9-6-13)20(3)17-10-7-14(12(2)19)11-16(17)18/h5-12H,4,19H2,1-3H3/t12-/m0/s1. The Morgan fingerprint density at radius 2 is 1.80 bits per heavy atom. The zero-order valence-electron chi connectivity index (χ0n) is 12.2. The highest BCUT2D eigenvalue weighted by molar-refractivity contribution is 6.33. The minimum absolute atomic E-state index is 0.00399. The summed E-state index contributed by atoms with van der Waals surface area (Å²) >= 11 is 6.38. The van der Waals surface area contributed by atoms with Crippen LogP contribution in [0.5, 0.6) is 0 Å². The van der Waals surface area contributed by atoms with Crippen LogP contribution in [0.25, 0.3) is 0 Å². The maximum Gasteiger partial charge on any atom is 0.0646 e. The lowest BCUT2D eigenvalue weighted by molar-refractivity contribution is 0.818. The molecule has 2 aromatic carbocycles. The second-order valence-electron chi connectivity index (χ2n) is 5.08. The molecule has 0 aliphatic rings. The van der Waals surface area contributed by atoms with Crippen molar-refractivity contribution < 1.29 is 0 Å². The summed E-state index contributed by atoms with van der Waals surface area (Å²) in [6.45, 7) is 4.11. The van der Waals surface area contributed by atoms with E-state index in [4.69, 9.17) is 17.3 Å². The van der Waals surface area contributed by atoms with Crippen LogP contribution in [0, 0.1) is 0 Å². The van der Waals surface area contributed by atoms with E-state index in [0.29, 0.717) is 0 Å². The Labute approximate surface area is 126 Å². The molecule has 0 amide bonds. The van der Waals surface area contributed by atoms with Crippen LogP contribution in [0.3, 0.4) is 0 Å².